The summed E-state index contributed by atoms with van der Waals surface area (Å²) in [5.74, 6) is 0.556. The number of benzene rings is 1. The third-order valence-electron chi connectivity index (χ3n) is 3.98. The summed E-state index contributed by atoms with van der Waals surface area (Å²) in [6.07, 6.45) is 0. The van der Waals surface area contributed by atoms with Crippen LogP contribution in [0.25, 0.3) is 20.9 Å². The molecule has 3 heterocycles. The number of anilines is 1. The van der Waals surface area contributed by atoms with Gasteiger partial charge in [0.15, 0.2) is 5.65 Å². The summed E-state index contributed by atoms with van der Waals surface area (Å²) in [5.41, 5.74) is 2.31. The number of H-pyrrole nitrogens is 1. The Morgan fingerprint density at radius 3 is 2.83 bits per heavy atom. The van der Waals surface area contributed by atoms with Crippen molar-refractivity contribution in [3.05, 3.63) is 39.1 Å². The van der Waals surface area contributed by atoms with Crippen molar-refractivity contribution >= 4 is 39.2 Å². The van der Waals surface area contributed by atoms with E-state index in [4.69, 9.17) is 16.3 Å². The lowest BCUT2D eigenvalue weighted by molar-refractivity contribution is 0.122. The summed E-state index contributed by atoms with van der Waals surface area (Å²) in [6, 6.07) is 5.64. The predicted molar refractivity (Wildman–Crippen MR) is 96.3 cm³/mol. The minimum Gasteiger partial charge on any atom is -0.378 e. The molecule has 0 radical (unpaired) electrons. The zero-order valence-electron chi connectivity index (χ0n) is 13.0. The molecule has 0 atom stereocenters. The highest BCUT2D eigenvalue weighted by molar-refractivity contribution is 7.21. The van der Waals surface area contributed by atoms with Crippen LogP contribution >= 0.6 is 22.9 Å². The van der Waals surface area contributed by atoms with E-state index in [9.17, 15) is 4.79 Å². The normalized spacial score (nSPS) is 15.2. The number of hydrogen-bond acceptors (Lipinski definition) is 6. The molecule has 1 aromatic carbocycles. The van der Waals surface area contributed by atoms with Crippen molar-refractivity contribution in [2.75, 3.05) is 31.2 Å². The Hall–Kier alpha value is -1.96. The first-order valence-corrected chi connectivity index (χ1v) is 8.81. The Balaban J connectivity index is 1.80. The number of nitrogens with zero attached hydrogens (tertiary/aromatic N) is 3. The molecular weight excluding hydrogens is 348 g/mol. The molecule has 1 aliphatic rings. The van der Waals surface area contributed by atoms with Crippen molar-refractivity contribution in [2.24, 2.45) is 0 Å². The second kappa shape index (κ2) is 6.16. The van der Waals surface area contributed by atoms with Gasteiger partial charge in [0, 0.05) is 23.7 Å². The topological polar surface area (TPSA) is 71.1 Å². The van der Waals surface area contributed by atoms with E-state index in [0.29, 0.717) is 47.6 Å². The molecule has 1 N–H and O–H groups in total. The number of rotatable bonds is 2. The fraction of sp³-hybridized carbons (Fsp3) is 0.312. The van der Waals surface area contributed by atoms with Gasteiger partial charge in [0.2, 0.25) is 5.95 Å². The van der Waals surface area contributed by atoms with Gasteiger partial charge in [-0.25, -0.2) is 4.98 Å². The smallest absolute Gasteiger partial charge is 0.272 e. The van der Waals surface area contributed by atoms with E-state index < -0.39 is 0 Å². The molecule has 0 amide bonds. The first-order chi connectivity index (χ1) is 11.6. The maximum atomic E-state index is 12.4. The molecule has 3 aromatic rings. The lowest BCUT2D eigenvalue weighted by Gasteiger charge is -2.26. The van der Waals surface area contributed by atoms with Crippen LogP contribution in [0.15, 0.2) is 23.0 Å². The number of thiazole rings is 1. The summed E-state index contributed by atoms with van der Waals surface area (Å²) in [4.78, 5) is 26.4. The van der Waals surface area contributed by atoms with Crippen molar-refractivity contribution in [3.8, 4) is 10.6 Å². The van der Waals surface area contributed by atoms with Crippen LogP contribution in [0.3, 0.4) is 0 Å². The van der Waals surface area contributed by atoms with Gasteiger partial charge >= 0.3 is 0 Å². The van der Waals surface area contributed by atoms with Crippen LogP contribution < -0.4 is 10.5 Å². The lowest BCUT2D eigenvalue weighted by Crippen LogP contribution is -2.38. The monoisotopic (exact) mass is 362 g/mol. The molecule has 1 saturated heterocycles. The molecule has 1 fully saturated rings. The Kier molecular flexibility index (Phi) is 3.99. The fourth-order valence-corrected chi connectivity index (χ4v) is 3.95. The highest BCUT2D eigenvalue weighted by Crippen LogP contribution is 2.31. The maximum absolute atomic E-state index is 12.4. The number of aromatic nitrogens is 3. The van der Waals surface area contributed by atoms with Crippen molar-refractivity contribution in [2.45, 2.75) is 6.92 Å². The highest BCUT2D eigenvalue weighted by atomic mass is 35.5. The van der Waals surface area contributed by atoms with E-state index in [1.807, 2.05) is 30.0 Å². The van der Waals surface area contributed by atoms with Gasteiger partial charge in [-0.15, -0.1) is 11.3 Å². The van der Waals surface area contributed by atoms with Gasteiger partial charge in [0.25, 0.3) is 5.56 Å². The van der Waals surface area contributed by atoms with Crippen molar-refractivity contribution in [3.63, 3.8) is 0 Å². The van der Waals surface area contributed by atoms with E-state index in [1.165, 1.54) is 11.3 Å². The minimum absolute atomic E-state index is 0.156. The zero-order chi connectivity index (χ0) is 16.7. The number of aryl methyl sites for hydroxylation is 1. The maximum Gasteiger partial charge on any atom is 0.272 e. The summed E-state index contributed by atoms with van der Waals surface area (Å²) >= 11 is 7.36. The van der Waals surface area contributed by atoms with Crippen LogP contribution in [0.1, 0.15) is 5.56 Å². The van der Waals surface area contributed by atoms with Crippen molar-refractivity contribution < 1.29 is 4.74 Å². The van der Waals surface area contributed by atoms with E-state index in [1.54, 1.807) is 0 Å². The van der Waals surface area contributed by atoms with Crippen LogP contribution in [-0.2, 0) is 4.74 Å². The van der Waals surface area contributed by atoms with Gasteiger partial charge in [-0.3, -0.25) is 9.78 Å². The number of nitrogens with one attached hydrogen (secondary N) is 1. The second-order valence-corrected chi connectivity index (χ2v) is 7.06. The molecule has 0 unspecified atom stereocenters. The Morgan fingerprint density at radius 2 is 2.08 bits per heavy atom. The highest BCUT2D eigenvalue weighted by Gasteiger charge is 2.18. The predicted octanol–water partition coefficient (Wildman–Crippen LogP) is 2.85. The number of halogens is 1. The van der Waals surface area contributed by atoms with E-state index in [0.717, 1.165) is 16.1 Å². The molecule has 0 spiro atoms. The summed E-state index contributed by atoms with van der Waals surface area (Å²) in [7, 11) is 0. The van der Waals surface area contributed by atoms with Gasteiger partial charge in [-0.05, 0) is 24.6 Å². The van der Waals surface area contributed by atoms with Crippen LogP contribution in [0, 0.1) is 6.92 Å². The largest absolute Gasteiger partial charge is 0.378 e. The van der Waals surface area contributed by atoms with E-state index in [2.05, 4.69) is 15.0 Å². The quantitative estimate of drug-likeness (QED) is 0.759. The average molecular weight is 363 g/mol. The summed E-state index contributed by atoms with van der Waals surface area (Å²) in [6.45, 7) is 4.66. The molecule has 0 aliphatic carbocycles. The summed E-state index contributed by atoms with van der Waals surface area (Å²) in [5, 5.41) is 1.46. The fourth-order valence-electron chi connectivity index (χ4n) is 2.73. The molecule has 24 heavy (non-hydrogen) atoms. The molecule has 0 bridgehead atoms. The molecule has 1 aliphatic heterocycles. The number of fused-ring (bicyclic) bond motifs is 1. The van der Waals surface area contributed by atoms with Crippen molar-refractivity contribution in [1.29, 1.82) is 0 Å². The second-order valence-electron chi connectivity index (χ2n) is 5.62. The standard InChI is InChI=1S/C16H15ClN4O2S/c1-9-8-10(17)2-3-11(9)15-18-13-12(24-15)14(22)20-16(19-13)21-4-6-23-7-5-21/h2-3,8H,4-7H2,1H3,(H,19,20,22). The third-order valence-corrected chi connectivity index (χ3v) is 5.29. The number of hydrogen-bond donors (Lipinski definition) is 1. The van der Waals surface area contributed by atoms with Gasteiger partial charge in [0.05, 0.1) is 13.2 Å². The number of aromatic amines is 1. The number of morpholine rings is 1. The average Bonchev–Trinajstić information content (AvgIpc) is 3.00. The van der Waals surface area contributed by atoms with Gasteiger partial charge in [-0.2, -0.15) is 4.98 Å². The molecule has 4 rings (SSSR count). The Morgan fingerprint density at radius 1 is 1.29 bits per heavy atom. The summed E-state index contributed by atoms with van der Waals surface area (Å²) < 4.78 is 5.88. The van der Waals surface area contributed by atoms with Gasteiger partial charge in [0.1, 0.15) is 9.71 Å². The van der Waals surface area contributed by atoms with Crippen LogP contribution in [0.4, 0.5) is 5.95 Å². The van der Waals surface area contributed by atoms with Gasteiger partial charge in [-0.1, -0.05) is 17.7 Å². The minimum atomic E-state index is -0.156. The first-order valence-electron chi connectivity index (χ1n) is 7.62. The van der Waals surface area contributed by atoms with Gasteiger partial charge < -0.3 is 9.64 Å². The Labute approximate surface area is 147 Å². The van der Waals surface area contributed by atoms with Crippen LogP contribution in [-0.4, -0.2) is 41.3 Å². The Bertz CT molecular complexity index is 962. The first kappa shape index (κ1) is 15.6. The van der Waals surface area contributed by atoms with E-state index in [-0.39, 0.29) is 5.56 Å². The van der Waals surface area contributed by atoms with Crippen molar-refractivity contribution in [1.82, 2.24) is 15.0 Å². The molecule has 6 nitrogen and oxygen atoms in total. The van der Waals surface area contributed by atoms with E-state index >= 15 is 0 Å². The lowest BCUT2D eigenvalue weighted by atomic mass is 10.1. The molecular formula is C16H15ClN4O2S. The number of ether oxygens (including phenoxy) is 1. The zero-order valence-corrected chi connectivity index (χ0v) is 14.6. The van der Waals surface area contributed by atoms with Crippen LogP contribution in [0.2, 0.25) is 5.02 Å². The molecule has 2 aromatic heterocycles. The third kappa shape index (κ3) is 2.79. The molecule has 0 saturated carbocycles. The van der Waals surface area contributed by atoms with Crippen LogP contribution in [0.5, 0.6) is 0 Å². The molecule has 124 valence electrons. The SMILES string of the molecule is Cc1cc(Cl)ccc1-c1nc2nc(N3CCOCC3)[nH]c(=O)c2s1. The molecule has 8 heteroatoms.